The van der Waals surface area contributed by atoms with Crippen LogP contribution in [-0.2, 0) is 19.1 Å². The lowest BCUT2D eigenvalue weighted by Crippen LogP contribution is -2.28. The lowest BCUT2D eigenvalue weighted by atomic mass is 10.0. The van der Waals surface area contributed by atoms with E-state index >= 15 is 0 Å². The maximum Gasteiger partial charge on any atom is 0.306 e. The summed E-state index contributed by atoms with van der Waals surface area (Å²) in [5.74, 6) is -0.591. The van der Waals surface area contributed by atoms with Crippen molar-refractivity contribution in [3.8, 4) is 0 Å². The fourth-order valence-electron chi connectivity index (χ4n) is 5.88. The Labute approximate surface area is 292 Å². The molecule has 0 rings (SSSR count). The molecule has 0 aromatic heterocycles. The Morgan fingerprint density at radius 2 is 0.851 bits per heavy atom. The first-order chi connectivity index (χ1) is 23.1. The van der Waals surface area contributed by atoms with E-state index in [4.69, 9.17) is 9.47 Å². The van der Waals surface area contributed by atoms with Crippen LogP contribution < -0.4 is 0 Å². The van der Waals surface area contributed by atoms with Crippen LogP contribution in [-0.4, -0.2) is 36.4 Å². The molecule has 0 aliphatic carbocycles. The number of unbranched alkanes of at least 4 members (excludes halogenated alkanes) is 25. The summed E-state index contributed by atoms with van der Waals surface area (Å²) in [6.45, 7) is 4.12. The van der Waals surface area contributed by atoms with E-state index in [-0.39, 0.29) is 25.2 Å². The number of rotatable bonds is 37. The molecule has 0 aliphatic heterocycles. The molecular weight excluding hydrogens is 584 g/mol. The predicted octanol–water partition coefficient (Wildman–Crippen LogP) is 12.7. The minimum Gasteiger partial charge on any atom is -0.462 e. The van der Waals surface area contributed by atoms with Gasteiger partial charge in [0, 0.05) is 12.8 Å². The summed E-state index contributed by atoms with van der Waals surface area (Å²) < 4.78 is 10.6. The molecule has 0 amide bonds. The molecule has 0 radical (unpaired) electrons. The Hall–Kier alpha value is -1.62. The Bertz CT molecular complexity index is 716. The zero-order valence-electron chi connectivity index (χ0n) is 31.3. The Morgan fingerprint density at radius 1 is 0.489 bits per heavy atom. The summed E-state index contributed by atoms with van der Waals surface area (Å²) in [7, 11) is 0. The molecule has 1 atom stereocenters. The van der Waals surface area contributed by atoms with E-state index in [9.17, 15) is 14.7 Å². The largest absolute Gasteiger partial charge is 0.462 e. The van der Waals surface area contributed by atoms with Gasteiger partial charge in [-0.3, -0.25) is 9.59 Å². The van der Waals surface area contributed by atoms with Crippen molar-refractivity contribution < 1.29 is 24.2 Å². The standard InChI is InChI=1S/C42H78O5/c1-3-5-7-9-11-13-15-17-19-21-23-25-27-29-31-33-35-37-42(45)47-40(38-43)39-46-41(44)36-34-32-30-28-26-24-22-20-18-16-14-12-10-8-6-4-2/h11,13,17,19,40,43H,3-10,12,14-16,18,20-39H2,1-2H3/b13-11+,19-17+/t40-/m0/s1. The molecule has 0 saturated carbocycles. The van der Waals surface area contributed by atoms with Crippen molar-refractivity contribution in [3.05, 3.63) is 24.3 Å². The van der Waals surface area contributed by atoms with Gasteiger partial charge in [0.1, 0.15) is 6.61 Å². The number of allylic oxidation sites excluding steroid dienone is 4. The van der Waals surface area contributed by atoms with Crippen LogP contribution in [0, 0.1) is 0 Å². The van der Waals surface area contributed by atoms with Gasteiger partial charge in [-0.05, 0) is 44.9 Å². The van der Waals surface area contributed by atoms with E-state index < -0.39 is 6.10 Å². The van der Waals surface area contributed by atoms with Gasteiger partial charge in [0.05, 0.1) is 6.61 Å². The van der Waals surface area contributed by atoms with Gasteiger partial charge in [-0.2, -0.15) is 0 Å². The number of ether oxygens (including phenoxy) is 2. The van der Waals surface area contributed by atoms with E-state index in [2.05, 4.69) is 38.2 Å². The minimum absolute atomic E-state index is 0.0646. The second kappa shape index (κ2) is 38.8. The highest BCUT2D eigenvalue weighted by molar-refractivity contribution is 5.70. The lowest BCUT2D eigenvalue weighted by Gasteiger charge is -2.15. The first-order valence-corrected chi connectivity index (χ1v) is 20.4. The van der Waals surface area contributed by atoms with Crippen molar-refractivity contribution in [2.45, 2.75) is 219 Å². The highest BCUT2D eigenvalue weighted by atomic mass is 16.6. The average Bonchev–Trinajstić information content (AvgIpc) is 3.07. The Morgan fingerprint density at radius 3 is 1.30 bits per heavy atom. The maximum atomic E-state index is 12.2. The van der Waals surface area contributed by atoms with Crippen molar-refractivity contribution in [1.82, 2.24) is 0 Å². The van der Waals surface area contributed by atoms with Crippen LogP contribution in [0.1, 0.15) is 213 Å². The Balaban J connectivity index is 3.53. The van der Waals surface area contributed by atoms with Crippen LogP contribution in [0.2, 0.25) is 0 Å². The van der Waals surface area contributed by atoms with Gasteiger partial charge < -0.3 is 14.6 Å². The minimum atomic E-state index is -0.770. The van der Waals surface area contributed by atoms with Gasteiger partial charge >= 0.3 is 11.9 Å². The van der Waals surface area contributed by atoms with Crippen molar-refractivity contribution in [2.24, 2.45) is 0 Å². The molecule has 276 valence electrons. The molecule has 0 aromatic rings. The first-order valence-electron chi connectivity index (χ1n) is 20.4. The normalized spacial score (nSPS) is 12.3. The fourth-order valence-corrected chi connectivity index (χ4v) is 5.88. The van der Waals surface area contributed by atoms with Gasteiger partial charge in [0.25, 0.3) is 0 Å². The summed E-state index contributed by atoms with van der Waals surface area (Å²) >= 11 is 0. The molecule has 0 bridgehead atoms. The third-order valence-electron chi connectivity index (χ3n) is 9.00. The molecule has 0 aromatic carbocycles. The third-order valence-corrected chi connectivity index (χ3v) is 9.00. The molecule has 0 spiro atoms. The summed E-state index contributed by atoms with van der Waals surface area (Å²) in [6.07, 6.45) is 45.2. The second-order valence-corrected chi connectivity index (χ2v) is 13.7. The number of hydrogen-bond acceptors (Lipinski definition) is 5. The molecule has 5 heteroatoms. The number of carbonyl (C=O) groups is 2. The van der Waals surface area contributed by atoms with Crippen molar-refractivity contribution in [3.63, 3.8) is 0 Å². The summed E-state index contributed by atoms with van der Waals surface area (Å²) in [6, 6.07) is 0. The van der Waals surface area contributed by atoms with E-state index in [0.717, 1.165) is 51.4 Å². The second-order valence-electron chi connectivity index (χ2n) is 13.7. The first kappa shape index (κ1) is 45.4. The topological polar surface area (TPSA) is 72.8 Å². The zero-order valence-corrected chi connectivity index (χ0v) is 31.3. The molecule has 0 heterocycles. The van der Waals surface area contributed by atoms with E-state index in [1.165, 1.54) is 135 Å². The van der Waals surface area contributed by atoms with Crippen LogP contribution in [0.4, 0.5) is 0 Å². The van der Waals surface area contributed by atoms with Gasteiger partial charge in [-0.15, -0.1) is 0 Å². The predicted molar refractivity (Wildman–Crippen MR) is 201 cm³/mol. The van der Waals surface area contributed by atoms with Gasteiger partial charge in [0.2, 0.25) is 0 Å². The highest BCUT2D eigenvalue weighted by Gasteiger charge is 2.16. The number of hydrogen-bond donors (Lipinski definition) is 1. The molecule has 0 saturated heterocycles. The summed E-state index contributed by atoms with van der Waals surface area (Å²) in [5, 5.41) is 9.56. The summed E-state index contributed by atoms with van der Waals surface area (Å²) in [5.41, 5.74) is 0. The fraction of sp³-hybridized carbons (Fsp3) is 0.857. The molecule has 47 heavy (non-hydrogen) atoms. The van der Waals surface area contributed by atoms with Crippen LogP contribution in [0.3, 0.4) is 0 Å². The van der Waals surface area contributed by atoms with Crippen LogP contribution >= 0.6 is 0 Å². The van der Waals surface area contributed by atoms with Gasteiger partial charge in [-0.25, -0.2) is 0 Å². The van der Waals surface area contributed by atoms with E-state index in [1.807, 2.05) is 0 Å². The van der Waals surface area contributed by atoms with E-state index in [0.29, 0.717) is 12.8 Å². The van der Waals surface area contributed by atoms with E-state index in [1.54, 1.807) is 0 Å². The van der Waals surface area contributed by atoms with Crippen molar-refractivity contribution in [2.75, 3.05) is 13.2 Å². The molecule has 5 nitrogen and oxygen atoms in total. The SMILES string of the molecule is CCCCC/C=C/C/C=C/CCCCCCCCCC(=O)O[C@@H](CO)COC(=O)CCCCCCCCCCCCCCCCCC. The quantitative estimate of drug-likeness (QED) is 0.0407. The van der Waals surface area contributed by atoms with Crippen LogP contribution in [0.5, 0.6) is 0 Å². The summed E-state index contributed by atoms with van der Waals surface area (Å²) in [4.78, 5) is 24.3. The maximum absolute atomic E-state index is 12.2. The monoisotopic (exact) mass is 663 g/mol. The average molecular weight is 663 g/mol. The van der Waals surface area contributed by atoms with Crippen molar-refractivity contribution >= 4 is 11.9 Å². The molecule has 0 aliphatic rings. The smallest absolute Gasteiger partial charge is 0.306 e. The van der Waals surface area contributed by atoms with Gasteiger partial charge in [0.15, 0.2) is 6.10 Å². The molecule has 0 fully saturated rings. The van der Waals surface area contributed by atoms with Crippen LogP contribution in [0.25, 0.3) is 0 Å². The number of aliphatic hydroxyl groups is 1. The van der Waals surface area contributed by atoms with Gasteiger partial charge in [-0.1, -0.05) is 179 Å². The molecular formula is C42H78O5. The highest BCUT2D eigenvalue weighted by Crippen LogP contribution is 2.15. The third kappa shape index (κ3) is 37.1. The number of aliphatic hydroxyl groups excluding tert-OH is 1. The molecule has 0 unspecified atom stereocenters. The zero-order chi connectivity index (χ0) is 34.3. The molecule has 1 N–H and O–H groups in total. The van der Waals surface area contributed by atoms with Crippen LogP contribution in [0.15, 0.2) is 24.3 Å². The number of esters is 2. The Kier molecular flexibility index (Phi) is 37.5. The number of carbonyl (C=O) groups excluding carboxylic acids is 2. The lowest BCUT2D eigenvalue weighted by molar-refractivity contribution is -0.161. The van der Waals surface area contributed by atoms with Crippen molar-refractivity contribution in [1.29, 1.82) is 0 Å².